The molecule has 1 saturated heterocycles. The molecule has 1 atom stereocenters. The Hall–Kier alpha value is -2.33. The van der Waals surface area contributed by atoms with Crippen molar-refractivity contribution in [1.82, 2.24) is 5.32 Å². The highest BCUT2D eigenvalue weighted by atomic mass is 16.6. The van der Waals surface area contributed by atoms with E-state index in [0.29, 0.717) is 6.61 Å². The largest absolute Gasteiger partial charge is 0.490 e. The minimum Gasteiger partial charge on any atom is -0.490 e. The van der Waals surface area contributed by atoms with Crippen molar-refractivity contribution in [2.75, 3.05) is 13.2 Å². The predicted molar refractivity (Wildman–Crippen MR) is 122 cm³/mol. The average molecular weight is 410 g/mol. The van der Waals surface area contributed by atoms with Gasteiger partial charge in [-0.15, -0.1) is 0 Å². The predicted octanol–water partition coefficient (Wildman–Crippen LogP) is 5.39. The molecule has 4 heteroatoms. The van der Waals surface area contributed by atoms with Gasteiger partial charge in [-0.1, -0.05) is 49.7 Å². The molecule has 1 N–H and O–H groups in total. The van der Waals surface area contributed by atoms with Crippen LogP contribution in [0.1, 0.15) is 53.0 Å². The van der Waals surface area contributed by atoms with E-state index < -0.39 is 0 Å². The lowest BCUT2D eigenvalue weighted by molar-refractivity contribution is -0.150. The van der Waals surface area contributed by atoms with Crippen LogP contribution >= 0.6 is 0 Å². The fraction of sp³-hybridized carbons (Fsp3) is 0.500. The van der Waals surface area contributed by atoms with Crippen LogP contribution in [0.3, 0.4) is 0 Å². The van der Waals surface area contributed by atoms with E-state index in [1.807, 2.05) is 12.1 Å². The first-order valence-corrected chi connectivity index (χ1v) is 11.0. The molecule has 162 valence electrons. The zero-order chi connectivity index (χ0) is 21.8. The molecule has 1 fully saturated rings. The normalized spacial score (nSPS) is 19.4. The summed E-state index contributed by atoms with van der Waals surface area (Å²) in [5.74, 6) is 0.487. The van der Waals surface area contributed by atoms with E-state index in [2.05, 4.69) is 76.3 Å². The number of hydrogen-bond acceptors (Lipinski definition) is 4. The molecule has 3 rings (SSSR count). The number of rotatable bonds is 8. The molecule has 30 heavy (non-hydrogen) atoms. The SMILES string of the molecule is CCCc1ccc(-c2ccc(OCCOC(=O)C3CC(C)(C)NC3(C)C)cc2)cc1. The van der Waals surface area contributed by atoms with Crippen LogP contribution in [-0.2, 0) is 16.0 Å². The second kappa shape index (κ2) is 9.22. The van der Waals surface area contributed by atoms with E-state index in [1.54, 1.807) is 0 Å². The van der Waals surface area contributed by atoms with Gasteiger partial charge in [0.25, 0.3) is 0 Å². The zero-order valence-electron chi connectivity index (χ0n) is 19.0. The van der Waals surface area contributed by atoms with Gasteiger partial charge in [0, 0.05) is 11.1 Å². The summed E-state index contributed by atoms with van der Waals surface area (Å²) in [6, 6.07) is 16.8. The third-order valence-electron chi connectivity index (χ3n) is 5.81. The summed E-state index contributed by atoms with van der Waals surface area (Å²) in [5, 5.41) is 3.51. The van der Waals surface area contributed by atoms with Gasteiger partial charge in [0.05, 0.1) is 5.92 Å². The Morgan fingerprint density at radius 1 is 0.967 bits per heavy atom. The van der Waals surface area contributed by atoms with Gasteiger partial charge in [0.2, 0.25) is 0 Å². The van der Waals surface area contributed by atoms with Crippen molar-refractivity contribution >= 4 is 5.97 Å². The fourth-order valence-electron chi connectivity index (χ4n) is 4.45. The van der Waals surface area contributed by atoms with Crippen molar-refractivity contribution < 1.29 is 14.3 Å². The Kier molecular flexibility index (Phi) is 6.87. The van der Waals surface area contributed by atoms with Crippen molar-refractivity contribution in [2.24, 2.45) is 5.92 Å². The number of ether oxygens (including phenoxy) is 2. The van der Waals surface area contributed by atoms with Crippen molar-refractivity contribution in [2.45, 2.75) is 65.0 Å². The fourth-order valence-corrected chi connectivity index (χ4v) is 4.45. The molecule has 2 aromatic carbocycles. The third-order valence-corrected chi connectivity index (χ3v) is 5.81. The van der Waals surface area contributed by atoms with Gasteiger partial charge >= 0.3 is 5.97 Å². The standard InChI is InChI=1S/C26H35NO3/c1-6-7-19-8-10-20(11-9-19)21-12-14-22(15-13-21)29-16-17-30-24(28)23-18-25(2,3)27-26(23,4)5/h8-15,23,27H,6-7,16-18H2,1-5H3. The van der Waals surface area contributed by atoms with E-state index >= 15 is 0 Å². The molecule has 0 aliphatic carbocycles. The van der Waals surface area contributed by atoms with Crippen LogP contribution in [0.5, 0.6) is 5.75 Å². The van der Waals surface area contributed by atoms with Crippen LogP contribution in [0, 0.1) is 5.92 Å². The van der Waals surface area contributed by atoms with E-state index in [1.165, 1.54) is 11.1 Å². The molecule has 0 saturated carbocycles. The van der Waals surface area contributed by atoms with Crippen LogP contribution in [0.4, 0.5) is 0 Å². The number of benzene rings is 2. The smallest absolute Gasteiger partial charge is 0.310 e. The second-order valence-electron chi connectivity index (χ2n) is 9.47. The molecular formula is C26H35NO3. The first-order chi connectivity index (χ1) is 14.2. The number of esters is 1. The van der Waals surface area contributed by atoms with Crippen molar-refractivity contribution in [3.05, 3.63) is 54.1 Å². The molecular weight excluding hydrogens is 374 g/mol. The second-order valence-corrected chi connectivity index (χ2v) is 9.47. The first kappa shape index (κ1) is 22.4. The van der Waals surface area contributed by atoms with E-state index in [-0.39, 0.29) is 29.6 Å². The highest BCUT2D eigenvalue weighted by Crippen LogP contribution is 2.36. The maximum absolute atomic E-state index is 12.5. The highest BCUT2D eigenvalue weighted by Gasteiger charge is 2.48. The lowest BCUT2D eigenvalue weighted by Gasteiger charge is -2.27. The molecule has 1 unspecified atom stereocenters. The monoisotopic (exact) mass is 409 g/mol. The van der Waals surface area contributed by atoms with Gasteiger partial charge in [-0.3, -0.25) is 4.79 Å². The molecule has 0 amide bonds. The summed E-state index contributed by atoms with van der Waals surface area (Å²) in [5.41, 5.74) is 3.42. The quantitative estimate of drug-likeness (QED) is 0.469. The minimum atomic E-state index is -0.258. The first-order valence-electron chi connectivity index (χ1n) is 11.0. The lowest BCUT2D eigenvalue weighted by atomic mass is 9.87. The van der Waals surface area contributed by atoms with Gasteiger partial charge < -0.3 is 14.8 Å². The molecule has 4 nitrogen and oxygen atoms in total. The van der Waals surface area contributed by atoms with Crippen LogP contribution in [-0.4, -0.2) is 30.3 Å². The molecule has 1 aliphatic heterocycles. The molecule has 1 aliphatic rings. The number of hydrogen-bond donors (Lipinski definition) is 1. The summed E-state index contributed by atoms with van der Waals surface area (Å²) in [4.78, 5) is 12.5. The Morgan fingerprint density at radius 3 is 2.10 bits per heavy atom. The van der Waals surface area contributed by atoms with Gasteiger partial charge in [-0.25, -0.2) is 0 Å². The summed E-state index contributed by atoms with van der Waals surface area (Å²) in [7, 11) is 0. The summed E-state index contributed by atoms with van der Waals surface area (Å²) in [6.07, 6.45) is 3.05. The van der Waals surface area contributed by atoms with Crippen molar-refractivity contribution in [3.8, 4) is 16.9 Å². The topological polar surface area (TPSA) is 47.6 Å². The van der Waals surface area contributed by atoms with Gasteiger partial charge in [-0.2, -0.15) is 0 Å². The van der Waals surface area contributed by atoms with Crippen LogP contribution in [0.15, 0.2) is 48.5 Å². The van der Waals surface area contributed by atoms with Crippen molar-refractivity contribution in [3.63, 3.8) is 0 Å². The molecule has 0 spiro atoms. The summed E-state index contributed by atoms with van der Waals surface area (Å²) < 4.78 is 11.3. The average Bonchev–Trinajstić information content (AvgIpc) is 2.93. The zero-order valence-corrected chi connectivity index (χ0v) is 19.0. The van der Waals surface area contributed by atoms with Gasteiger partial charge in [-0.05, 0) is 69.4 Å². The summed E-state index contributed by atoms with van der Waals surface area (Å²) >= 11 is 0. The van der Waals surface area contributed by atoms with Crippen LogP contribution in [0.25, 0.3) is 11.1 Å². The third kappa shape index (κ3) is 5.63. The molecule has 0 aromatic heterocycles. The number of carbonyl (C=O) groups excluding carboxylic acids is 1. The Bertz CT molecular complexity index is 838. The molecule has 1 heterocycles. The number of carbonyl (C=O) groups is 1. The van der Waals surface area contributed by atoms with Crippen LogP contribution in [0.2, 0.25) is 0 Å². The number of aryl methyl sites for hydroxylation is 1. The minimum absolute atomic E-state index is 0.0538. The maximum Gasteiger partial charge on any atom is 0.310 e. The van der Waals surface area contributed by atoms with E-state index in [4.69, 9.17) is 9.47 Å². The van der Waals surface area contributed by atoms with Gasteiger partial charge in [0.15, 0.2) is 0 Å². The Balaban J connectivity index is 1.46. The Labute approximate surface area is 181 Å². The number of nitrogens with one attached hydrogen (secondary N) is 1. The Morgan fingerprint density at radius 2 is 1.57 bits per heavy atom. The highest BCUT2D eigenvalue weighted by molar-refractivity contribution is 5.75. The van der Waals surface area contributed by atoms with Crippen molar-refractivity contribution in [1.29, 1.82) is 0 Å². The summed E-state index contributed by atoms with van der Waals surface area (Å²) in [6.45, 7) is 11.2. The molecule has 0 bridgehead atoms. The van der Waals surface area contributed by atoms with E-state index in [9.17, 15) is 4.79 Å². The maximum atomic E-state index is 12.5. The van der Waals surface area contributed by atoms with Gasteiger partial charge in [0.1, 0.15) is 19.0 Å². The molecule has 2 aromatic rings. The molecule has 0 radical (unpaired) electrons. The van der Waals surface area contributed by atoms with Crippen LogP contribution < -0.4 is 10.1 Å². The lowest BCUT2D eigenvalue weighted by Crippen LogP contribution is -2.46. The van der Waals surface area contributed by atoms with E-state index in [0.717, 1.165) is 30.6 Å².